The van der Waals surface area contributed by atoms with E-state index in [0.29, 0.717) is 25.4 Å². The number of morpholine rings is 1. The van der Waals surface area contributed by atoms with Gasteiger partial charge in [-0.15, -0.1) is 0 Å². The highest BCUT2D eigenvalue weighted by Gasteiger charge is 2.31. The molecule has 6 heteroatoms. The van der Waals surface area contributed by atoms with Crippen molar-refractivity contribution in [1.29, 1.82) is 0 Å². The third kappa shape index (κ3) is 2.38. The first kappa shape index (κ1) is 12.6. The Kier molecular flexibility index (Phi) is 3.66. The Morgan fingerprint density at radius 3 is 3.11 bits per heavy atom. The SMILES string of the molecule is COC(=O)C1COCCN1c1ncc(N)cc1C. The predicted molar refractivity (Wildman–Crippen MR) is 67.4 cm³/mol. The van der Waals surface area contributed by atoms with Crippen LogP contribution >= 0.6 is 0 Å². The second-order valence-electron chi connectivity index (χ2n) is 4.22. The third-order valence-electron chi connectivity index (χ3n) is 2.95. The lowest BCUT2D eigenvalue weighted by Crippen LogP contribution is -2.51. The largest absolute Gasteiger partial charge is 0.467 e. The molecule has 0 radical (unpaired) electrons. The molecule has 0 aromatic carbocycles. The minimum absolute atomic E-state index is 0.312. The molecule has 0 bridgehead atoms. The van der Waals surface area contributed by atoms with Crippen LogP contribution in [-0.2, 0) is 14.3 Å². The predicted octanol–water partition coefficient (Wildman–Crippen LogP) is 0.350. The van der Waals surface area contributed by atoms with Crippen LogP contribution in [0.1, 0.15) is 5.56 Å². The van der Waals surface area contributed by atoms with Gasteiger partial charge < -0.3 is 20.1 Å². The maximum absolute atomic E-state index is 11.7. The van der Waals surface area contributed by atoms with Crippen molar-refractivity contribution in [2.24, 2.45) is 0 Å². The Balaban J connectivity index is 2.30. The summed E-state index contributed by atoms with van der Waals surface area (Å²) in [6, 6.07) is 1.39. The summed E-state index contributed by atoms with van der Waals surface area (Å²) in [5, 5.41) is 0. The highest BCUT2D eigenvalue weighted by molar-refractivity contribution is 5.80. The number of methoxy groups -OCH3 is 1. The summed E-state index contributed by atoms with van der Waals surface area (Å²) in [6.45, 7) is 3.41. The van der Waals surface area contributed by atoms with Crippen LogP contribution in [0.5, 0.6) is 0 Å². The summed E-state index contributed by atoms with van der Waals surface area (Å²) in [7, 11) is 1.37. The van der Waals surface area contributed by atoms with Crippen LogP contribution in [0.4, 0.5) is 11.5 Å². The van der Waals surface area contributed by atoms with Gasteiger partial charge >= 0.3 is 5.97 Å². The van der Waals surface area contributed by atoms with Crippen molar-refractivity contribution < 1.29 is 14.3 Å². The summed E-state index contributed by atoms with van der Waals surface area (Å²) in [6.07, 6.45) is 1.59. The van der Waals surface area contributed by atoms with Crippen LogP contribution in [-0.4, -0.2) is 43.9 Å². The van der Waals surface area contributed by atoms with Gasteiger partial charge in [0.25, 0.3) is 0 Å². The lowest BCUT2D eigenvalue weighted by atomic mass is 10.2. The van der Waals surface area contributed by atoms with Crippen molar-refractivity contribution in [1.82, 2.24) is 4.98 Å². The molecule has 1 unspecified atom stereocenters. The van der Waals surface area contributed by atoms with Crippen molar-refractivity contribution in [2.45, 2.75) is 13.0 Å². The van der Waals surface area contributed by atoms with Gasteiger partial charge in [0, 0.05) is 6.54 Å². The van der Waals surface area contributed by atoms with Crippen molar-refractivity contribution >= 4 is 17.5 Å². The van der Waals surface area contributed by atoms with E-state index in [1.807, 2.05) is 17.9 Å². The zero-order valence-corrected chi connectivity index (χ0v) is 10.5. The Hall–Kier alpha value is -1.82. The number of nitrogens with two attached hydrogens (primary N) is 1. The third-order valence-corrected chi connectivity index (χ3v) is 2.95. The van der Waals surface area contributed by atoms with Gasteiger partial charge in [0.2, 0.25) is 0 Å². The Morgan fingerprint density at radius 1 is 1.67 bits per heavy atom. The molecule has 98 valence electrons. The number of hydrogen-bond acceptors (Lipinski definition) is 6. The lowest BCUT2D eigenvalue weighted by Gasteiger charge is -2.35. The first-order valence-corrected chi connectivity index (χ1v) is 5.78. The van der Waals surface area contributed by atoms with Crippen LogP contribution in [0, 0.1) is 6.92 Å². The summed E-state index contributed by atoms with van der Waals surface area (Å²) in [5.74, 6) is 0.440. The molecule has 1 aromatic rings. The van der Waals surface area contributed by atoms with E-state index in [0.717, 1.165) is 11.4 Å². The van der Waals surface area contributed by atoms with E-state index >= 15 is 0 Å². The number of anilines is 2. The Bertz CT molecular complexity index is 450. The molecule has 1 aliphatic rings. The number of aryl methyl sites for hydroxylation is 1. The van der Waals surface area contributed by atoms with Gasteiger partial charge in [-0.05, 0) is 18.6 Å². The van der Waals surface area contributed by atoms with Gasteiger partial charge in [-0.25, -0.2) is 9.78 Å². The molecule has 2 heterocycles. The fourth-order valence-corrected chi connectivity index (χ4v) is 2.08. The maximum Gasteiger partial charge on any atom is 0.330 e. The topological polar surface area (TPSA) is 77.7 Å². The van der Waals surface area contributed by atoms with Crippen LogP contribution in [0.25, 0.3) is 0 Å². The molecule has 1 saturated heterocycles. The zero-order chi connectivity index (χ0) is 13.1. The fraction of sp³-hybridized carbons (Fsp3) is 0.500. The maximum atomic E-state index is 11.7. The van der Waals surface area contributed by atoms with Crippen molar-refractivity contribution in [3.63, 3.8) is 0 Å². The molecule has 1 aliphatic heterocycles. The smallest absolute Gasteiger partial charge is 0.330 e. The van der Waals surface area contributed by atoms with Crippen LogP contribution in [0.2, 0.25) is 0 Å². The minimum atomic E-state index is -0.446. The number of nitrogen functional groups attached to an aromatic ring is 1. The average molecular weight is 251 g/mol. The molecular weight excluding hydrogens is 234 g/mol. The first-order chi connectivity index (χ1) is 8.63. The van der Waals surface area contributed by atoms with Gasteiger partial charge in [0.15, 0.2) is 6.04 Å². The molecule has 0 aliphatic carbocycles. The molecule has 2 N–H and O–H groups in total. The quantitative estimate of drug-likeness (QED) is 0.764. The number of esters is 1. The van der Waals surface area contributed by atoms with E-state index in [9.17, 15) is 4.79 Å². The van der Waals surface area contributed by atoms with Crippen molar-refractivity contribution in [3.8, 4) is 0 Å². The fourth-order valence-electron chi connectivity index (χ4n) is 2.08. The molecular formula is C12H17N3O3. The number of rotatable bonds is 2. The Morgan fingerprint density at radius 2 is 2.44 bits per heavy atom. The molecule has 6 nitrogen and oxygen atoms in total. The second-order valence-corrected chi connectivity index (χ2v) is 4.22. The van der Waals surface area contributed by atoms with Gasteiger partial charge in [0.05, 0.1) is 32.2 Å². The van der Waals surface area contributed by atoms with Gasteiger partial charge in [-0.1, -0.05) is 0 Å². The number of ether oxygens (including phenoxy) is 2. The zero-order valence-electron chi connectivity index (χ0n) is 10.5. The molecule has 1 aromatic heterocycles. The van der Waals surface area contributed by atoms with E-state index in [1.54, 1.807) is 6.20 Å². The van der Waals surface area contributed by atoms with Gasteiger partial charge in [0.1, 0.15) is 5.82 Å². The molecule has 2 rings (SSSR count). The highest BCUT2D eigenvalue weighted by atomic mass is 16.5. The van der Waals surface area contributed by atoms with Crippen molar-refractivity contribution in [2.75, 3.05) is 37.5 Å². The van der Waals surface area contributed by atoms with Gasteiger partial charge in [-0.3, -0.25) is 0 Å². The Labute approximate surface area is 106 Å². The minimum Gasteiger partial charge on any atom is -0.467 e. The number of carbonyl (C=O) groups is 1. The molecule has 0 saturated carbocycles. The van der Waals surface area contributed by atoms with E-state index in [4.69, 9.17) is 15.2 Å². The van der Waals surface area contributed by atoms with Crippen LogP contribution in [0.3, 0.4) is 0 Å². The van der Waals surface area contributed by atoms with E-state index in [-0.39, 0.29) is 5.97 Å². The highest BCUT2D eigenvalue weighted by Crippen LogP contribution is 2.23. The standard InChI is InChI=1S/C12H17N3O3/c1-8-5-9(13)6-14-11(8)15-3-4-18-7-10(15)12(16)17-2/h5-6,10H,3-4,7,13H2,1-2H3. The monoisotopic (exact) mass is 251 g/mol. The number of nitrogens with zero attached hydrogens (tertiary/aromatic N) is 2. The summed E-state index contributed by atoms with van der Waals surface area (Å²) in [4.78, 5) is 17.9. The van der Waals surface area contributed by atoms with Crippen LogP contribution < -0.4 is 10.6 Å². The molecule has 0 spiro atoms. The molecule has 18 heavy (non-hydrogen) atoms. The number of pyridine rings is 1. The van der Waals surface area contributed by atoms with Crippen LogP contribution in [0.15, 0.2) is 12.3 Å². The summed E-state index contributed by atoms with van der Waals surface area (Å²) < 4.78 is 10.1. The van der Waals surface area contributed by atoms with Crippen molar-refractivity contribution in [3.05, 3.63) is 17.8 Å². The normalized spacial score (nSPS) is 19.7. The second kappa shape index (κ2) is 5.22. The van der Waals surface area contributed by atoms with E-state index < -0.39 is 6.04 Å². The summed E-state index contributed by atoms with van der Waals surface area (Å²) >= 11 is 0. The van der Waals surface area contributed by atoms with E-state index in [1.165, 1.54) is 7.11 Å². The average Bonchev–Trinajstić information content (AvgIpc) is 2.38. The number of aromatic nitrogens is 1. The summed E-state index contributed by atoms with van der Waals surface area (Å²) in [5.41, 5.74) is 7.23. The molecule has 0 amide bonds. The van der Waals surface area contributed by atoms with E-state index in [2.05, 4.69) is 4.98 Å². The van der Waals surface area contributed by atoms with Gasteiger partial charge in [-0.2, -0.15) is 0 Å². The lowest BCUT2D eigenvalue weighted by molar-refractivity contribution is -0.144. The molecule has 1 fully saturated rings. The number of carbonyl (C=O) groups excluding carboxylic acids is 1. The first-order valence-electron chi connectivity index (χ1n) is 5.78. The molecule has 1 atom stereocenters. The number of hydrogen-bond donors (Lipinski definition) is 1.